The second-order valence-corrected chi connectivity index (χ2v) is 8.45. The van der Waals surface area contributed by atoms with E-state index in [1.807, 2.05) is 12.1 Å². The molecule has 0 aliphatic carbocycles. The minimum Gasteiger partial charge on any atom is -0.375 e. The van der Waals surface area contributed by atoms with Crippen molar-refractivity contribution in [2.75, 3.05) is 24.7 Å². The molecule has 2 aliphatic rings. The number of fused-ring (bicyclic) bond motifs is 1. The van der Waals surface area contributed by atoms with Crippen molar-refractivity contribution in [2.24, 2.45) is 0 Å². The first-order chi connectivity index (χ1) is 13.5. The number of rotatable bonds is 5. The molecule has 2 aromatic carbocycles. The summed E-state index contributed by atoms with van der Waals surface area (Å²) in [7, 11) is 0. The summed E-state index contributed by atoms with van der Waals surface area (Å²) in [5, 5.41) is 11.4. The van der Waals surface area contributed by atoms with Gasteiger partial charge in [-0.25, -0.2) is 0 Å². The third-order valence-corrected chi connectivity index (χ3v) is 6.14. The molecule has 1 unspecified atom stereocenters. The van der Waals surface area contributed by atoms with Crippen LogP contribution in [0, 0.1) is 0 Å². The third kappa shape index (κ3) is 3.52. The van der Waals surface area contributed by atoms with Crippen LogP contribution in [0.2, 0.25) is 0 Å². The number of nitrogens with zero attached hydrogens (tertiary/aromatic N) is 2. The normalized spacial score (nSPS) is 22.4. The molecule has 6 heteroatoms. The van der Waals surface area contributed by atoms with Crippen LogP contribution < -0.4 is 4.90 Å². The number of amides is 1. The van der Waals surface area contributed by atoms with Crippen molar-refractivity contribution in [3.63, 3.8) is 0 Å². The molecule has 1 fully saturated rings. The molecule has 2 aromatic rings. The number of benzene rings is 2. The Kier molecular flexibility index (Phi) is 5.36. The second kappa shape index (κ2) is 7.78. The summed E-state index contributed by atoms with van der Waals surface area (Å²) in [6.45, 7) is 2.34. The lowest BCUT2D eigenvalue weighted by Crippen LogP contribution is -2.47. The highest BCUT2D eigenvalue weighted by atomic mass is 79.9. The van der Waals surface area contributed by atoms with Gasteiger partial charge in [-0.3, -0.25) is 19.4 Å². The van der Waals surface area contributed by atoms with Gasteiger partial charge in [-0.05, 0) is 44.1 Å². The Morgan fingerprint density at radius 1 is 1.04 bits per heavy atom. The number of piperidine rings is 1. The zero-order valence-electron chi connectivity index (χ0n) is 15.6. The van der Waals surface area contributed by atoms with Gasteiger partial charge in [0.15, 0.2) is 11.4 Å². The van der Waals surface area contributed by atoms with Crippen LogP contribution in [-0.2, 0) is 10.4 Å². The monoisotopic (exact) mass is 442 g/mol. The fourth-order valence-electron chi connectivity index (χ4n) is 4.09. The number of anilines is 1. The highest BCUT2D eigenvalue weighted by Crippen LogP contribution is 2.43. The molecule has 1 N–H and O–H groups in total. The van der Waals surface area contributed by atoms with Crippen molar-refractivity contribution >= 4 is 33.3 Å². The second-order valence-electron chi connectivity index (χ2n) is 7.54. The van der Waals surface area contributed by atoms with E-state index >= 15 is 0 Å². The van der Waals surface area contributed by atoms with E-state index in [2.05, 4.69) is 20.8 Å². The first-order valence-corrected chi connectivity index (χ1v) is 10.4. The summed E-state index contributed by atoms with van der Waals surface area (Å²) < 4.78 is 0.873. The number of para-hydroxylation sites is 1. The van der Waals surface area contributed by atoms with E-state index in [1.165, 1.54) is 6.42 Å². The molecule has 4 rings (SSSR count). The number of hydrogen-bond donors (Lipinski definition) is 1. The lowest BCUT2D eigenvalue weighted by atomic mass is 9.88. The van der Waals surface area contributed by atoms with Gasteiger partial charge in [0, 0.05) is 15.6 Å². The van der Waals surface area contributed by atoms with Crippen LogP contribution in [0.15, 0.2) is 53.0 Å². The fourth-order valence-corrected chi connectivity index (χ4v) is 4.35. The molecule has 1 atom stereocenters. The van der Waals surface area contributed by atoms with Crippen LogP contribution in [0.5, 0.6) is 0 Å². The van der Waals surface area contributed by atoms with Crippen molar-refractivity contribution in [1.82, 2.24) is 4.90 Å². The summed E-state index contributed by atoms with van der Waals surface area (Å²) >= 11 is 3.35. The van der Waals surface area contributed by atoms with E-state index in [1.54, 1.807) is 41.3 Å². The first-order valence-electron chi connectivity index (χ1n) is 9.64. The average Bonchev–Trinajstić information content (AvgIpc) is 2.91. The lowest BCUT2D eigenvalue weighted by Gasteiger charge is -2.31. The van der Waals surface area contributed by atoms with Crippen molar-refractivity contribution < 1.29 is 14.7 Å². The number of hydrogen-bond acceptors (Lipinski definition) is 4. The van der Waals surface area contributed by atoms with Crippen molar-refractivity contribution in [2.45, 2.75) is 31.3 Å². The van der Waals surface area contributed by atoms with E-state index in [9.17, 15) is 14.7 Å². The largest absolute Gasteiger partial charge is 0.375 e. The minimum absolute atomic E-state index is 0.252. The molecule has 2 aliphatic heterocycles. The van der Waals surface area contributed by atoms with E-state index in [-0.39, 0.29) is 12.2 Å². The number of carbonyl (C=O) groups excluding carboxylic acids is 2. The fraction of sp³-hybridized carbons (Fsp3) is 0.364. The zero-order valence-corrected chi connectivity index (χ0v) is 17.2. The van der Waals surface area contributed by atoms with Crippen molar-refractivity contribution in [1.29, 1.82) is 0 Å². The molecule has 0 bridgehead atoms. The smallest absolute Gasteiger partial charge is 0.265 e. The van der Waals surface area contributed by atoms with Crippen LogP contribution in [-0.4, -0.2) is 41.5 Å². The minimum atomic E-state index is -1.82. The molecule has 2 heterocycles. The third-order valence-electron chi connectivity index (χ3n) is 5.61. The highest BCUT2D eigenvalue weighted by Gasteiger charge is 2.51. The molecule has 0 aromatic heterocycles. The van der Waals surface area contributed by atoms with Gasteiger partial charge in [-0.15, -0.1) is 0 Å². The van der Waals surface area contributed by atoms with Crippen molar-refractivity contribution in [3.05, 3.63) is 64.1 Å². The number of carbonyl (C=O) groups is 2. The van der Waals surface area contributed by atoms with Crippen molar-refractivity contribution in [3.8, 4) is 0 Å². The van der Waals surface area contributed by atoms with Crippen LogP contribution in [0.3, 0.4) is 0 Å². The van der Waals surface area contributed by atoms with E-state index in [0.717, 1.165) is 30.4 Å². The van der Waals surface area contributed by atoms with E-state index in [0.29, 0.717) is 23.5 Å². The number of ketones is 1. The van der Waals surface area contributed by atoms with Crippen LogP contribution in [0.4, 0.5) is 5.69 Å². The molecule has 0 saturated carbocycles. The molecular formula is C22H23BrN2O3. The summed E-state index contributed by atoms with van der Waals surface area (Å²) in [6, 6.07) is 14.2. The lowest BCUT2D eigenvalue weighted by molar-refractivity contribution is -0.136. The van der Waals surface area contributed by atoms with Crippen LogP contribution >= 0.6 is 15.9 Å². The first kappa shape index (κ1) is 19.3. The molecule has 28 heavy (non-hydrogen) atoms. The van der Waals surface area contributed by atoms with Crippen LogP contribution in [0.1, 0.15) is 41.6 Å². The quantitative estimate of drug-likeness (QED) is 0.717. The Morgan fingerprint density at radius 3 is 2.43 bits per heavy atom. The van der Waals surface area contributed by atoms with Gasteiger partial charge >= 0.3 is 0 Å². The average molecular weight is 443 g/mol. The predicted molar refractivity (Wildman–Crippen MR) is 111 cm³/mol. The zero-order chi connectivity index (χ0) is 19.7. The molecule has 146 valence electrons. The van der Waals surface area contributed by atoms with Gasteiger partial charge in [0.05, 0.1) is 18.8 Å². The molecule has 0 radical (unpaired) electrons. The molecule has 1 amide bonds. The SMILES string of the molecule is O=C(CC1(O)C(=O)N(CN2CCCCC2)c2ccccc21)c1ccc(Br)cc1. The molecule has 1 saturated heterocycles. The maximum Gasteiger partial charge on any atom is 0.265 e. The molecule has 0 spiro atoms. The van der Waals surface area contributed by atoms with Gasteiger partial charge in [-0.2, -0.15) is 0 Å². The molecular weight excluding hydrogens is 420 g/mol. The Labute approximate surface area is 173 Å². The predicted octanol–water partition coefficient (Wildman–Crippen LogP) is 3.70. The van der Waals surface area contributed by atoms with E-state index in [4.69, 9.17) is 0 Å². The van der Waals surface area contributed by atoms with Gasteiger partial charge in [0.25, 0.3) is 5.91 Å². The standard InChI is InChI=1S/C22H23BrN2O3/c23-17-10-8-16(9-11-17)20(26)14-22(28)18-6-2-3-7-19(18)25(21(22)27)15-24-12-4-1-5-13-24/h2-3,6-11,28H,1,4-5,12-15H2. The maximum absolute atomic E-state index is 13.3. The Bertz CT molecular complexity index is 893. The van der Waals surface area contributed by atoms with Crippen LogP contribution in [0.25, 0.3) is 0 Å². The van der Waals surface area contributed by atoms with Gasteiger partial charge in [0.2, 0.25) is 0 Å². The number of halogens is 1. The number of likely N-dealkylation sites (tertiary alicyclic amines) is 1. The maximum atomic E-state index is 13.3. The summed E-state index contributed by atoms with van der Waals surface area (Å²) in [5.41, 5.74) is -0.126. The topological polar surface area (TPSA) is 60.9 Å². The summed E-state index contributed by atoms with van der Waals surface area (Å²) in [5.74, 6) is -0.664. The Hall–Kier alpha value is -2.02. The highest BCUT2D eigenvalue weighted by molar-refractivity contribution is 9.10. The summed E-state index contributed by atoms with van der Waals surface area (Å²) in [4.78, 5) is 30.0. The summed E-state index contributed by atoms with van der Waals surface area (Å²) in [6.07, 6.45) is 3.19. The Balaban J connectivity index is 1.61. The molecule has 5 nitrogen and oxygen atoms in total. The van der Waals surface area contributed by atoms with Gasteiger partial charge < -0.3 is 5.11 Å². The number of Topliss-reactive ketones (excluding diaryl/α,β-unsaturated/α-hetero) is 1. The van der Waals surface area contributed by atoms with Gasteiger partial charge in [-0.1, -0.05) is 52.7 Å². The Morgan fingerprint density at radius 2 is 1.71 bits per heavy atom. The van der Waals surface area contributed by atoms with Gasteiger partial charge in [0.1, 0.15) is 0 Å². The van der Waals surface area contributed by atoms with E-state index < -0.39 is 11.5 Å². The number of aliphatic hydroxyl groups is 1.